The molecule has 1 aliphatic rings. The summed E-state index contributed by atoms with van der Waals surface area (Å²) in [7, 11) is 1.54. The summed E-state index contributed by atoms with van der Waals surface area (Å²) in [6.07, 6.45) is 1.30. The van der Waals surface area contributed by atoms with Gasteiger partial charge in [0.2, 0.25) is 5.43 Å². The second kappa shape index (κ2) is 7.25. The molecule has 1 unspecified atom stereocenters. The van der Waals surface area contributed by atoms with E-state index in [9.17, 15) is 9.59 Å². The van der Waals surface area contributed by atoms with Gasteiger partial charge in [0.05, 0.1) is 20.3 Å². The number of aromatic nitrogens is 1. The zero-order valence-corrected chi connectivity index (χ0v) is 15.0. The highest BCUT2D eigenvalue weighted by molar-refractivity contribution is 5.97. The van der Waals surface area contributed by atoms with Crippen molar-refractivity contribution in [3.63, 3.8) is 0 Å². The molecule has 1 aromatic heterocycles. The molecular weight excluding hydrogens is 344 g/mol. The van der Waals surface area contributed by atoms with Crippen molar-refractivity contribution in [2.45, 2.75) is 6.10 Å². The summed E-state index contributed by atoms with van der Waals surface area (Å²) in [6.45, 7) is 1.31. The molecule has 138 valence electrons. The van der Waals surface area contributed by atoms with Gasteiger partial charge in [0, 0.05) is 23.6 Å². The van der Waals surface area contributed by atoms with Gasteiger partial charge in [0.15, 0.2) is 0 Å². The molecule has 4 rings (SSSR count). The molecule has 1 aliphatic heterocycles. The molecule has 1 N–H and O–H groups in total. The number of amides is 1. The van der Waals surface area contributed by atoms with Crippen LogP contribution in [0.15, 0.2) is 59.5 Å². The van der Waals surface area contributed by atoms with Crippen molar-refractivity contribution in [2.75, 3.05) is 26.8 Å². The van der Waals surface area contributed by atoms with Crippen LogP contribution >= 0.6 is 0 Å². The quantitative estimate of drug-likeness (QED) is 0.776. The van der Waals surface area contributed by atoms with Gasteiger partial charge in [-0.15, -0.1) is 0 Å². The number of hydrogen-bond donors (Lipinski definition) is 1. The van der Waals surface area contributed by atoms with Crippen molar-refractivity contribution in [3.8, 4) is 5.75 Å². The zero-order valence-electron chi connectivity index (χ0n) is 15.0. The topological polar surface area (TPSA) is 71.6 Å². The van der Waals surface area contributed by atoms with Gasteiger partial charge >= 0.3 is 0 Å². The Morgan fingerprint density at radius 3 is 2.81 bits per heavy atom. The van der Waals surface area contributed by atoms with Crippen molar-refractivity contribution in [1.82, 2.24) is 9.88 Å². The molecular formula is C21H20N2O4. The average Bonchev–Trinajstić information content (AvgIpc) is 2.74. The van der Waals surface area contributed by atoms with Crippen LogP contribution in [0.25, 0.3) is 10.9 Å². The Morgan fingerprint density at radius 1 is 1.22 bits per heavy atom. The minimum absolute atomic E-state index is 0.129. The number of benzene rings is 2. The van der Waals surface area contributed by atoms with Gasteiger partial charge in [-0.2, -0.15) is 0 Å². The lowest BCUT2D eigenvalue weighted by molar-refractivity contribution is -0.0228. The highest BCUT2D eigenvalue weighted by Crippen LogP contribution is 2.23. The minimum atomic E-state index is -0.296. The van der Waals surface area contributed by atoms with E-state index < -0.39 is 0 Å². The van der Waals surface area contributed by atoms with Crippen molar-refractivity contribution in [3.05, 3.63) is 76.1 Å². The van der Waals surface area contributed by atoms with E-state index in [4.69, 9.17) is 9.47 Å². The molecule has 0 spiro atoms. The molecule has 0 saturated carbocycles. The molecule has 3 aromatic rings. The normalized spacial score (nSPS) is 17.1. The molecule has 6 heteroatoms. The monoisotopic (exact) mass is 364 g/mol. The number of rotatable bonds is 3. The molecule has 6 nitrogen and oxygen atoms in total. The Hall–Kier alpha value is -3.12. The fourth-order valence-electron chi connectivity index (χ4n) is 3.36. The van der Waals surface area contributed by atoms with Gasteiger partial charge in [-0.25, -0.2) is 0 Å². The molecule has 1 atom stereocenters. The van der Waals surface area contributed by atoms with Crippen LogP contribution in [0.3, 0.4) is 0 Å². The predicted molar refractivity (Wildman–Crippen MR) is 102 cm³/mol. The predicted octanol–water partition coefficient (Wildman–Crippen LogP) is 2.75. The maximum absolute atomic E-state index is 13.0. The van der Waals surface area contributed by atoms with Crippen molar-refractivity contribution in [2.24, 2.45) is 0 Å². The molecule has 0 bridgehead atoms. The molecule has 1 saturated heterocycles. The SMILES string of the molecule is COc1ccc2[nH]cc(C(=O)N3CCOC(c4ccccc4)C3)c(=O)c2c1. The lowest BCUT2D eigenvalue weighted by Crippen LogP contribution is -2.43. The second-order valence-corrected chi connectivity index (χ2v) is 6.46. The first-order chi connectivity index (χ1) is 13.2. The largest absolute Gasteiger partial charge is 0.497 e. The number of H-pyrrole nitrogens is 1. The number of hydrogen-bond acceptors (Lipinski definition) is 4. The molecule has 0 aliphatic carbocycles. The first-order valence-corrected chi connectivity index (χ1v) is 8.82. The minimum Gasteiger partial charge on any atom is -0.497 e. The van der Waals surface area contributed by atoms with E-state index in [-0.39, 0.29) is 23.0 Å². The van der Waals surface area contributed by atoms with Crippen molar-refractivity contribution in [1.29, 1.82) is 0 Å². The van der Waals surface area contributed by atoms with Crippen LogP contribution in [-0.2, 0) is 4.74 Å². The summed E-state index contributed by atoms with van der Waals surface area (Å²) in [6, 6.07) is 15.0. The van der Waals surface area contributed by atoms with Crippen molar-refractivity contribution < 1.29 is 14.3 Å². The lowest BCUT2D eigenvalue weighted by atomic mass is 10.1. The van der Waals surface area contributed by atoms with Crippen LogP contribution in [0.5, 0.6) is 5.75 Å². The van der Waals surface area contributed by atoms with E-state index in [0.29, 0.717) is 36.3 Å². The smallest absolute Gasteiger partial charge is 0.259 e. The number of pyridine rings is 1. The van der Waals surface area contributed by atoms with Crippen LogP contribution in [0.4, 0.5) is 0 Å². The number of methoxy groups -OCH3 is 1. The fourth-order valence-corrected chi connectivity index (χ4v) is 3.36. The molecule has 1 fully saturated rings. The molecule has 0 radical (unpaired) electrons. The van der Waals surface area contributed by atoms with Crippen LogP contribution in [0.1, 0.15) is 22.0 Å². The third-order valence-electron chi connectivity index (χ3n) is 4.84. The fraction of sp³-hybridized carbons (Fsp3) is 0.238. The Kier molecular flexibility index (Phi) is 4.64. The molecule has 2 heterocycles. The summed E-state index contributed by atoms with van der Waals surface area (Å²) >= 11 is 0. The van der Waals surface area contributed by atoms with Gasteiger partial charge < -0.3 is 19.4 Å². The summed E-state index contributed by atoms with van der Waals surface area (Å²) < 4.78 is 11.0. The number of nitrogens with zero attached hydrogens (tertiary/aromatic N) is 1. The summed E-state index contributed by atoms with van der Waals surface area (Å²) in [5, 5.41) is 0.438. The zero-order chi connectivity index (χ0) is 18.8. The van der Waals surface area contributed by atoms with Gasteiger partial charge in [0.25, 0.3) is 5.91 Å². The number of nitrogens with one attached hydrogen (secondary N) is 1. The Morgan fingerprint density at radius 2 is 2.04 bits per heavy atom. The Balaban J connectivity index is 1.64. The number of aromatic amines is 1. The lowest BCUT2D eigenvalue weighted by Gasteiger charge is -2.33. The maximum atomic E-state index is 13.0. The first-order valence-electron chi connectivity index (χ1n) is 8.82. The Labute approximate surface area is 156 Å². The van der Waals surface area contributed by atoms with E-state index in [0.717, 1.165) is 5.56 Å². The average molecular weight is 364 g/mol. The number of carbonyl (C=O) groups excluding carboxylic acids is 1. The highest BCUT2D eigenvalue weighted by Gasteiger charge is 2.27. The summed E-state index contributed by atoms with van der Waals surface area (Å²) in [5.74, 6) is 0.290. The van der Waals surface area contributed by atoms with E-state index in [1.54, 1.807) is 30.2 Å². The maximum Gasteiger partial charge on any atom is 0.259 e. The van der Waals surface area contributed by atoms with Gasteiger partial charge in [-0.1, -0.05) is 30.3 Å². The number of morpholine rings is 1. The van der Waals surface area contributed by atoms with Crippen LogP contribution in [-0.4, -0.2) is 42.6 Å². The van der Waals surface area contributed by atoms with Crippen LogP contribution < -0.4 is 10.2 Å². The number of ether oxygens (including phenoxy) is 2. The van der Waals surface area contributed by atoms with E-state index in [1.807, 2.05) is 30.3 Å². The van der Waals surface area contributed by atoms with Gasteiger partial charge in [0.1, 0.15) is 17.4 Å². The van der Waals surface area contributed by atoms with Gasteiger partial charge in [-0.3, -0.25) is 9.59 Å². The van der Waals surface area contributed by atoms with Gasteiger partial charge in [-0.05, 0) is 23.8 Å². The van der Waals surface area contributed by atoms with Crippen LogP contribution in [0.2, 0.25) is 0 Å². The summed E-state index contributed by atoms with van der Waals surface area (Å²) in [5.41, 5.74) is 1.52. The van der Waals surface area contributed by atoms with E-state index >= 15 is 0 Å². The van der Waals surface area contributed by atoms with Crippen molar-refractivity contribution >= 4 is 16.8 Å². The Bertz CT molecular complexity index is 1030. The third-order valence-corrected chi connectivity index (χ3v) is 4.84. The van der Waals surface area contributed by atoms with E-state index in [1.165, 1.54) is 6.20 Å². The second-order valence-electron chi connectivity index (χ2n) is 6.46. The molecule has 2 aromatic carbocycles. The highest BCUT2D eigenvalue weighted by atomic mass is 16.5. The number of fused-ring (bicyclic) bond motifs is 1. The third kappa shape index (κ3) is 3.31. The number of carbonyl (C=O) groups is 1. The standard InChI is InChI=1S/C21H20N2O4/c1-26-15-7-8-18-16(11-15)20(24)17(12-22-18)21(25)23-9-10-27-19(13-23)14-5-3-2-4-6-14/h2-8,11-12,19H,9-10,13H2,1H3,(H,22,24). The summed E-state index contributed by atoms with van der Waals surface area (Å²) in [4.78, 5) is 30.6. The molecule has 1 amide bonds. The first kappa shape index (κ1) is 17.3. The van der Waals surface area contributed by atoms with E-state index in [2.05, 4.69) is 4.98 Å². The van der Waals surface area contributed by atoms with Crippen LogP contribution in [0, 0.1) is 0 Å². The molecule has 27 heavy (non-hydrogen) atoms.